The summed E-state index contributed by atoms with van der Waals surface area (Å²) in [5.74, 6) is 0.360. The van der Waals surface area contributed by atoms with Gasteiger partial charge >= 0.3 is 6.18 Å². The van der Waals surface area contributed by atoms with Crippen molar-refractivity contribution >= 4 is 0 Å². The Kier molecular flexibility index (Phi) is 4.15. The molecular weight excluding hydrogens is 283 g/mol. The fraction of sp³-hybridized carbons (Fsp3) is 0.133. The average molecular weight is 293 g/mol. The van der Waals surface area contributed by atoms with Crippen LogP contribution in [0.2, 0.25) is 0 Å². The van der Waals surface area contributed by atoms with Crippen LogP contribution in [0.15, 0.2) is 42.5 Å². The molecule has 0 aromatic heterocycles. The predicted molar refractivity (Wildman–Crippen MR) is 68.6 cm³/mol. The summed E-state index contributed by atoms with van der Waals surface area (Å²) < 4.78 is 43.2. The molecule has 2 aromatic rings. The number of hydrogen-bond acceptors (Lipinski definition) is 3. The molecule has 0 unspecified atom stereocenters. The summed E-state index contributed by atoms with van der Waals surface area (Å²) in [6.07, 6.45) is -4.51. The molecule has 3 nitrogen and oxygen atoms in total. The topological polar surface area (TPSA) is 53.2 Å². The largest absolute Gasteiger partial charge is 0.456 e. The van der Waals surface area contributed by atoms with E-state index in [9.17, 15) is 13.2 Å². The van der Waals surface area contributed by atoms with Crippen molar-refractivity contribution in [3.63, 3.8) is 0 Å². The first-order chi connectivity index (χ1) is 9.94. The van der Waals surface area contributed by atoms with Crippen molar-refractivity contribution in [1.82, 2.24) is 0 Å². The number of alkyl halides is 3. The smallest absolute Gasteiger partial charge is 0.416 e. The molecule has 108 valence electrons. The maximum Gasteiger partial charge on any atom is 0.416 e. The second-order valence-electron chi connectivity index (χ2n) is 4.23. The average Bonchev–Trinajstić information content (AvgIpc) is 2.46. The van der Waals surface area contributed by atoms with Gasteiger partial charge in [0.05, 0.1) is 17.7 Å². The Labute approximate surface area is 118 Å². The van der Waals surface area contributed by atoms with E-state index in [1.807, 2.05) is 0 Å². The van der Waals surface area contributed by atoms with Gasteiger partial charge in [0.1, 0.15) is 17.6 Å². The molecule has 0 saturated heterocycles. The van der Waals surface area contributed by atoms with E-state index in [4.69, 9.17) is 15.1 Å². The molecule has 1 N–H and O–H groups in total. The van der Waals surface area contributed by atoms with Gasteiger partial charge in [-0.2, -0.15) is 18.4 Å². The van der Waals surface area contributed by atoms with Crippen LogP contribution in [0.1, 0.15) is 16.7 Å². The minimum absolute atomic E-state index is 0.0283. The van der Waals surface area contributed by atoms with Crippen molar-refractivity contribution in [3.05, 3.63) is 59.2 Å². The van der Waals surface area contributed by atoms with E-state index < -0.39 is 11.7 Å². The molecule has 0 amide bonds. The van der Waals surface area contributed by atoms with Gasteiger partial charge in [-0.3, -0.25) is 0 Å². The lowest BCUT2D eigenvalue weighted by molar-refractivity contribution is -0.137. The molecule has 2 aromatic carbocycles. The second-order valence-corrected chi connectivity index (χ2v) is 4.23. The standard InChI is InChI=1S/C15H10F3NO2/c16-15(17,18)12-4-5-14(11(7-12)8-19)21-13-3-1-2-10(6-13)9-20/h1-7,20H,9H2. The van der Waals surface area contributed by atoms with Crippen LogP contribution in [0.5, 0.6) is 11.5 Å². The number of ether oxygens (including phenoxy) is 1. The minimum Gasteiger partial charge on any atom is -0.456 e. The zero-order chi connectivity index (χ0) is 15.5. The maximum absolute atomic E-state index is 12.6. The first-order valence-electron chi connectivity index (χ1n) is 5.93. The Balaban J connectivity index is 2.34. The normalized spacial score (nSPS) is 11.0. The van der Waals surface area contributed by atoms with E-state index in [0.717, 1.165) is 18.2 Å². The Morgan fingerprint density at radius 1 is 1.14 bits per heavy atom. The molecule has 0 spiro atoms. The van der Waals surface area contributed by atoms with Gasteiger partial charge in [0.15, 0.2) is 0 Å². The van der Waals surface area contributed by atoms with Crippen molar-refractivity contribution in [2.75, 3.05) is 0 Å². The van der Waals surface area contributed by atoms with Gasteiger partial charge in [0.25, 0.3) is 0 Å². The van der Waals surface area contributed by atoms with Crippen LogP contribution in [0.25, 0.3) is 0 Å². The molecule has 21 heavy (non-hydrogen) atoms. The van der Waals surface area contributed by atoms with Crippen LogP contribution in [0.4, 0.5) is 13.2 Å². The van der Waals surface area contributed by atoms with Gasteiger partial charge in [-0.25, -0.2) is 0 Å². The Bertz CT molecular complexity index is 690. The van der Waals surface area contributed by atoms with E-state index in [1.165, 1.54) is 0 Å². The predicted octanol–water partition coefficient (Wildman–Crippen LogP) is 3.86. The molecule has 0 radical (unpaired) electrons. The number of aliphatic hydroxyl groups is 1. The van der Waals surface area contributed by atoms with Crippen molar-refractivity contribution in [2.24, 2.45) is 0 Å². The Morgan fingerprint density at radius 2 is 1.90 bits per heavy atom. The lowest BCUT2D eigenvalue weighted by Crippen LogP contribution is -2.05. The van der Waals surface area contributed by atoms with Crippen molar-refractivity contribution < 1.29 is 23.0 Å². The second kappa shape index (κ2) is 5.85. The third-order valence-corrected chi connectivity index (χ3v) is 2.74. The van der Waals surface area contributed by atoms with Crippen LogP contribution in [-0.2, 0) is 12.8 Å². The summed E-state index contributed by atoms with van der Waals surface area (Å²) in [4.78, 5) is 0. The number of nitrogens with zero attached hydrogens (tertiary/aromatic N) is 1. The van der Waals surface area contributed by atoms with E-state index in [1.54, 1.807) is 30.3 Å². The Hall–Kier alpha value is -2.52. The highest BCUT2D eigenvalue weighted by atomic mass is 19.4. The van der Waals surface area contributed by atoms with Crippen molar-refractivity contribution in [1.29, 1.82) is 5.26 Å². The first kappa shape index (κ1) is 14.9. The van der Waals surface area contributed by atoms with Gasteiger partial charge in [0, 0.05) is 0 Å². The quantitative estimate of drug-likeness (QED) is 0.934. The molecule has 6 heteroatoms. The van der Waals surface area contributed by atoms with Gasteiger partial charge < -0.3 is 9.84 Å². The van der Waals surface area contributed by atoms with E-state index in [0.29, 0.717) is 11.3 Å². The molecule has 0 heterocycles. The van der Waals surface area contributed by atoms with Crippen LogP contribution < -0.4 is 4.74 Å². The van der Waals surface area contributed by atoms with Crippen LogP contribution in [0, 0.1) is 11.3 Å². The summed E-state index contributed by atoms with van der Waals surface area (Å²) in [6, 6.07) is 10.8. The van der Waals surface area contributed by atoms with Gasteiger partial charge in [-0.15, -0.1) is 0 Å². The Morgan fingerprint density at radius 3 is 2.52 bits per heavy atom. The van der Waals surface area contributed by atoms with Crippen molar-refractivity contribution in [3.8, 4) is 17.6 Å². The van der Waals surface area contributed by atoms with Crippen LogP contribution >= 0.6 is 0 Å². The lowest BCUT2D eigenvalue weighted by atomic mass is 10.1. The van der Waals surface area contributed by atoms with Gasteiger partial charge in [0.2, 0.25) is 0 Å². The number of aliphatic hydroxyl groups excluding tert-OH is 1. The van der Waals surface area contributed by atoms with Crippen molar-refractivity contribution in [2.45, 2.75) is 12.8 Å². The zero-order valence-corrected chi connectivity index (χ0v) is 10.7. The fourth-order valence-corrected chi connectivity index (χ4v) is 1.72. The van der Waals surface area contributed by atoms with Crippen LogP contribution in [-0.4, -0.2) is 5.11 Å². The van der Waals surface area contributed by atoms with Gasteiger partial charge in [-0.05, 0) is 35.9 Å². The van der Waals surface area contributed by atoms with E-state index in [-0.39, 0.29) is 17.9 Å². The molecule has 0 fully saturated rings. The molecule has 0 atom stereocenters. The highest BCUT2D eigenvalue weighted by Crippen LogP contribution is 2.33. The van der Waals surface area contributed by atoms with E-state index >= 15 is 0 Å². The molecule has 0 aliphatic heterocycles. The molecule has 0 aliphatic carbocycles. The summed E-state index contributed by atoms with van der Waals surface area (Å²) >= 11 is 0. The third kappa shape index (κ3) is 3.52. The summed E-state index contributed by atoms with van der Waals surface area (Å²) in [5, 5.41) is 18.0. The van der Waals surface area contributed by atoms with Crippen LogP contribution in [0.3, 0.4) is 0 Å². The summed E-state index contributed by atoms with van der Waals surface area (Å²) in [7, 11) is 0. The number of hydrogen-bond donors (Lipinski definition) is 1. The first-order valence-corrected chi connectivity index (χ1v) is 5.93. The molecule has 0 bridgehead atoms. The lowest BCUT2D eigenvalue weighted by Gasteiger charge is -2.11. The minimum atomic E-state index is -4.51. The number of rotatable bonds is 3. The molecular formula is C15H10F3NO2. The van der Waals surface area contributed by atoms with E-state index in [2.05, 4.69) is 0 Å². The molecule has 2 rings (SSSR count). The zero-order valence-electron chi connectivity index (χ0n) is 10.7. The summed E-state index contributed by atoms with van der Waals surface area (Å²) in [6.45, 7) is -0.185. The fourth-order valence-electron chi connectivity index (χ4n) is 1.72. The highest BCUT2D eigenvalue weighted by molar-refractivity contribution is 5.48. The molecule has 0 aliphatic rings. The molecule has 0 saturated carbocycles. The van der Waals surface area contributed by atoms with Gasteiger partial charge in [-0.1, -0.05) is 12.1 Å². The SMILES string of the molecule is N#Cc1cc(C(F)(F)F)ccc1Oc1cccc(CO)c1. The third-order valence-electron chi connectivity index (χ3n) is 2.74. The number of nitriles is 1. The highest BCUT2D eigenvalue weighted by Gasteiger charge is 2.31. The maximum atomic E-state index is 12.6. The number of benzene rings is 2. The number of halogens is 3. The summed E-state index contributed by atoms with van der Waals surface area (Å²) in [5.41, 5.74) is -0.521. The monoisotopic (exact) mass is 293 g/mol.